The van der Waals surface area contributed by atoms with E-state index in [2.05, 4.69) is 15.9 Å². The minimum atomic E-state index is -2.58. The normalized spacial score (nSPS) is 10.6. The Morgan fingerprint density at radius 1 is 1.56 bits per heavy atom. The maximum atomic E-state index is 11.9. The SMILES string of the molecule is Cc1cc(OCC(F)F)c(Br)cc1[N+](=O)[O-]. The molecule has 0 N–H and O–H groups in total. The molecule has 0 unspecified atom stereocenters. The van der Waals surface area contributed by atoms with E-state index >= 15 is 0 Å². The first-order valence-corrected chi connectivity index (χ1v) is 5.06. The molecule has 0 aliphatic heterocycles. The average molecular weight is 296 g/mol. The Bertz CT molecular complexity index is 412. The third-order valence-electron chi connectivity index (χ3n) is 1.81. The summed E-state index contributed by atoms with van der Waals surface area (Å²) in [7, 11) is 0. The summed E-state index contributed by atoms with van der Waals surface area (Å²) >= 11 is 3.03. The van der Waals surface area contributed by atoms with E-state index < -0.39 is 18.0 Å². The van der Waals surface area contributed by atoms with Crippen molar-refractivity contribution >= 4 is 21.6 Å². The van der Waals surface area contributed by atoms with Crippen LogP contribution in [0.2, 0.25) is 0 Å². The first-order valence-electron chi connectivity index (χ1n) is 4.27. The minimum absolute atomic E-state index is 0.0868. The van der Waals surface area contributed by atoms with Gasteiger partial charge in [-0.05, 0) is 28.9 Å². The molecule has 4 nitrogen and oxygen atoms in total. The molecule has 0 aromatic heterocycles. The number of nitrogens with zero attached hydrogens (tertiary/aromatic N) is 1. The predicted molar refractivity (Wildman–Crippen MR) is 57.0 cm³/mol. The van der Waals surface area contributed by atoms with Crippen LogP contribution < -0.4 is 4.74 Å². The second kappa shape index (κ2) is 5.20. The van der Waals surface area contributed by atoms with E-state index in [1.807, 2.05) is 0 Å². The molecule has 0 aliphatic rings. The second-order valence-corrected chi connectivity index (χ2v) is 3.88. The third kappa shape index (κ3) is 3.13. The first-order chi connectivity index (χ1) is 7.41. The molecule has 0 bridgehead atoms. The van der Waals surface area contributed by atoms with Gasteiger partial charge >= 0.3 is 0 Å². The molecule has 0 aliphatic carbocycles. The summed E-state index contributed by atoms with van der Waals surface area (Å²) in [5.41, 5.74) is 0.272. The highest BCUT2D eigenvalue weighted by atomic mass is 79.9. The Balaban J connectivity index is 2.96. The van der Waals surface area contributed by atoms with Gasteiger partial charge in [-0.3, -0.25) is 10.1 Å². The maximum Gasteiger partial charge on any atom is 0.273 e. The number of nitro benzene ring substituents is 1. The summed E-state index contributed by atoms with van der Waals surface area (Å²) in [5.74, 6) is 0.170. The Labute approximate surface area is 98.5 Å². The molecule has 1 rings (SSSR count). The fraction of sp³-hybridized carbons (Fsp3) is 0.333. The van der Waals surface area contributed by atoms with E-state index in [4.69, 9.17) is 4.74 Å². The van der Waals surface area contributed by atoms with Crippen LogP contribution in [0.1, 0.15) is 5.56 Å². The number of benzene rings is 1. The monoisotopic (exact) mass is 295 g/mol. The van der Waals surface area contributed by atoms with Crippen LogP contribution in [0.25, 0.3) is 0 Å². The molecule has 0 saturated carbocycles. The smallest absolute Gasteiger partial charge is 0.273 e. The van der Waals surface area contributed by atoms with Gasteiger partial charge < -0.3 is 4.74 Å². The van der Waals surface area contributed by atoms with E-state index in [9.17, 15) is 18.9 Å². The molecule has 1 aromatic carbocycles. The van der Waals surface area contributed by atoms with Gasteiger partial charge in [0.25, 0.3) is 12.1 Å². The van der Waals surface area contributed by atoms with Gasteiger partial charge in [-0.15, -0.1) is 0 Å². The van der Waals surface area contributed by atoms with Crippen LogP contribution in [0.4, 0.5) is 14.5 Å². The molecule has 1 aromatic rings. The lowest BCUT2D eigenvalue weighted by molar-refractivity contribution is -0.385. The van der Waals surface area contributed by atoms with Crippen molar-refractivity contribution in [3.05, 3.63) is 32.3 Å². The lowest BCUT2D eigenvalue weighted by Gasteiger charge is -2.08. The molecular formula is C9H8BrF2NO3. The Kier molecular flexibility index (Phi) is 4.17. The van der Waals surface area contributed by atoms with Crippen LogP contribution in [-0.4, -0.2) is 18.0 Å². The number of aryl methyl sites for hydroxylation is 1. The summed E-state index contributed by atoms with van der Waals surface area (Å²) in [6.07, 6.45) is -2.58. The number of halogens is 3. The topological polar surface area (TPSA) is 52.4 Å². The number of ether oxygens (including phenoxy) is 1. The number of hydrogen-bond donors (Lipinski definition) is 0. The quantitative estimate of drug-likeness (QED) is 0.632. The standard InChI is InChI=1S/C9H8BrF2NO3/c1-5-2-8(16-4-9(11)12)6(10)3-7(5)13(14)15/h2-3,9H,4H2,1H3. The van der Waals surface area contributed by atoms with Crippen molar-refractivity contribution in [2.24, 2.45) is 0 Å². The fourth-order valence-electron chi connectivity index (χ4n) is 1.10. The second-order valence-electron chi connectivity index (χ2n) is 3.03. The Hall–Kier alpha value is -1.24. The van der Waals surface area contributed by atoms with Gasteiger partial charge in [0.2, 0.25) is 0 Å². The zero-order valence-electron chi connectivity index (χ0n) is 8.25. The average Bonchev–Trinajstić information content (AvgIpc) is 2.18. The van der Waals surface area contributed by atoms with Crippen LogP contribution in [0.15, 0.2) is 16.6 Å². The van der Waals surface area contributed by atoms with Gasteiger partial charge in [0, 0.05) is 11.6 Å². The molecule has 7 heteroatoms. The number of nitro groups is 1. The van der Waals surface area contributed by atoms with Gasteiger partial charge in [0.1, 0.15) is 12.4 Å². The highest BCUT2D eigenvalue weighted by Crippen LogP contribution is 2.32. The molecule has 0 radical (unpaired) electrons. The van der Waals surface area contributed by atoms with Crippen LogP contribution in [0.3, 0.4) is 0 Å². The molecular weight excluding hydrogens is 288 g/mol. The fourth-order valence-corrected chi connectivity index (χ4v) is 1.55. The van der Waals surface area contributed by atoms with E-state index in [1.54, 1.807) is 0 Å². The van der Waals surface area contributed by atoms with Crippen LogP contribution in [-0.2, 0) is 0 Å². The Morgan fingerprint density at radius 2 is 2.19 bits per heavy atom. The molecule has 88 valence electrons. The zero-order valence-corrected chi connectivity index (χ0v) is 9.83. The number of hydrogen-bond acceptors (Lipinski definition) is 3. The van der Waals surface area contributed by atoms with E-state index in [1.165, 1.54) is 19.1 Å². The maximum absolute atomic E-state index is 11.9. The number of rotatable bonds is 4. The highest BCUT2D eigenvalue weighted by molar-refractivity contribution is 9.10. The Morgan fingerprint density at radius 3 is 2.69 bits per heavy atom. The van der Waals surface area contributed by atoms with Crippen molar-refractivity contribution in [3.63, 3.8) is 0 Å². The van der Waals surface area contributed by atoms with Crippen molar-refractivity contribution < 1.29 is 18.4 Å². The van der Waals surface area contributed by atoms with Crippen molar-refractivity contribution in [1.82, 2.24) is 0 Å². The van der Waals surface area contributed by atoms with Crippen molar-refractivity contribution in [1.29, 1.82) is 0 Å². The van der Waals surface area contributed by atoms with Gasteiger partial charge in [-0.2, -0.15) is 0 Å². The number of alkyl halides is 2. The van der Waals surface area contributed by atoms with Gasteiger partial charge in [0.05, 0.1) is 9.40 Å². The lowest BCUT2D eigenvalue weighted by atomic mass is 10.2. The summed E-state index contributed by atoms with van der Waals surface area (Å²) < 4.78 is 28.9. The minimum Gasteiger partial charge on any atom is -0.486 e. The third-order valence-corrected chi connectivity index (χ3v) is 2.43. The molecule has 16 heavy (non-hydrogen) atoms. The largest absolute Gasteiger partial charge is 0.486 e. The van der Waals surface area contributed by atoms with Gasteiger partial charge in [-0.1, -0.05) is 0 Å². The van der Waals surface area contributed by atoms with E-state index in [0.29, 0.717) is 5.56 Å². The van der Waals surface area contributed by atoms with Crippen LogP contribution in [0.5, 0.6) is 5.75 Å². The van der Waals surface area contributed by atoms with Gasteiger partial charge in [-0.25, -0.2) is 8.78 Å². The molecule has 0 amide bonds. The molecule has 0 fully saturated rings. The van der Waals surface area contributed by atoms with Crippen LogP contribution >= 0.6 is 15.9 Å². The highest BCUT2D eigenvalue weighted by Gasteiger charge is 2.15. The summed E-state index contributed by atoms with van der Waals surface area (Å²) in [5, 5.41) is 10.6. The van der Waals surface area contributed by atoms with Crippen molar-refractivity contribution in [3.8, 4) is 5.75 Å². The molecule has 0 saturated heterocycles. The first kappa shape index (κ1) is 12.8. The lowest BCUT2D eigenvalue weighted by Crippen LogP contribution is -2.07. The van der Waals surface area contributed by atoms with Crippen molar-refractivity contribution in [2.75, 3.05) is 6.61 Å². The van der Waals surface area contributed by atoms with E-state index in [0.717, 1.165) is 0 Å². The zero-order chi connectivity index (χ0) is 12.3. The van der Waals surface area contributed by atoms with Crippen molar-refractivity contribution in [2.45, 2.75) is 13.3 Å². The van der Waals surface area contributed by atoms with Crippen LogP contribution in [0, 0.1) is 17.0 Å². The molecule has 0 heterocycles. The summed E-state index contributed by atoms with van der Waals surface area (Å²) in [6, 6.07) is 2.58. The van der Waals surface area contributed by atoms with E-state index in [-0.39, 0.29) is 15.9 Å². The predicted octanol–water partition coefficient (Wildman–Crippen LogP) is 3.31. The molecule has 0 atom stereocenters. The summed E-state index contributed by atoms with van der Waals surface area (Å²) in [4.78, 5) is 10.0. The molecule has 0 spiro atoms. The van der Waals surface area contributed by atoms with Gasteiger partial charge in [0.15, 0.2) is 0 Å². The summed E-state index contributed by atoms with van der Waals surface area (Å²) in [6.45, 7) is 0.773.